The zero-order valence-corrected chi connectivity index (χ0v) is 16.3. The molecule has 6 heteroatoms. The summed E-state index contributed by atoms with van der Waals surface area (Å²) in [5.74, 6) is 1.66. The van der Waals surface area contributed by atoms with Gasteiger partial charge < -0.3 is 19.1 Å². The summed E-state index contributed by atoms with van der Waals surface area (Å²) < 4.78 is 16.0. The minimum absolute atomic E-state index is 0.00287. The van der Waals surface area contributed by atoms with Crippen molar-refractivity contribution in [3.8, 4) is 17.2 Å². The summed E-state index contributed by atoms with van der Waals surface area (Å²) in [4.78, 5) is 16.0. The summed E-state index contributed by atoms with van der Waals surface area (Å²) in [5.41, 5.74) is 2.07. The van der Waals surface area contributed by atoms with Gasteiger partial charge >= 0.3 is 0 Å². The lowest BCUT2D eigenvalue weighted by molar-refractivity contribution is -0.128. The number of hydrogen-bond acceptors (Lipinski definition) is 5. The van der Waals surface area contributed by atoms with Crippen molar-refractivity contribution in [2.24, 2.45) is 0 Å². The van der Waals surface area contributed by atoms with Gasteiger partial charge in [-0.2, -0.15) is 0 Å². The van der Waals surface area contributed by atoms with Gasteiger partial charge in [0.15, 0.2) is 11.5 Å². The third-order valence-electron chi connectivity index (χ3n) is 4.67. The molecule has 1 atom stereocenters. The topological polar surface area (TPSA) is 48.0 Å². The Morgan fingerprint density at radius 2 is 1.88 bits per heavy atom. The van der Waals surface area contributed by atoms with Crippen molar-refractivity contribution >= 4 is 23.3 Å². The van der Waals surface area contributed by atoms with Crippen LogP contribution in [0.3, 0.4) is 0 Å². The Bertz CT molecular complexity index is 802. The van der Waals surface area contributed by atoms with E-state index in [9.17, 15) is 4.79 Å². The number of methoxy groups -OCH3 is 3. The molecule has 0 saturated carbocycles. The maximum Gasteiger partial charge on any atom is 0.247 e. The second kappa shape index (κ2) is 7.83. The molecule has 2 heterocycles. The molecular formula is C20H23NO4S. The Kier molecular flexibility index (Phi) is 5.52. The number of nitrogens with zero attached hydrogens (tertiary/aromatic N) is 1. The number of thiophene rings is 1. The molecule has 5 nitrogen and oxygen atoms in total. The third kappa shape index (κ3) is 3.42. The summed E-state index contributed by atoms with van der Waals surface area (Å²) in [7, 11) is 4.71. The second-order valence-electron chi connectivity index (χ2n) is 6.05. The average molecular weight is 373 g/mol. The van der Waals surface area contributed by atoms with Gasteiger partial charge in [0, 0.05) is 17.5 Å². The molecule has 1 amide bonds. The first kappa shape index (κ1) is 18.3. The minimum Gasteiger partial charge on any atom is -0.493 e. The maximum absolute atomic E-state index is 12.7. The Labute approximate surface area is 157 Å². The molecule has 1 aromatic carbocycles. The molecule has 0 aliphatic carbocycles. The van der Waals surface area contributed by atoms with Crippen LogP contribution in [0.25, 0.3) is 6.08 Å². The van der Waals surface area contributed by atoms with Crippen molar-refractivity contribution in [1.82, 2.24) is 4.90 Å². The highest BCUT2D eigenvalue weighted by Crippen LogP contribution is 2.38. The van der Waals surface area contributed by atoms with E-state index in [-0.39, 0.29) is 11.9 Å². The summed E-state index contributed by atoms with van der Waals surface area (Å²) in [5, 5.41) is 2.10. The largest absolute Gasteiger partial charge is 0.493 e. The van der Waals surface area contributed by atoms with Gasteiger partial charge in [0.2, 0.25) is 11.7 Å². The van der Waals surface area contributed by atoms with Crippen LogP contribution in [0.15, 0.2) is 29.7 Å². The molecule has 0 unspecified atom stereocenters. The van der Waals surface area contributed by atoms with E-state index < -0.39 is 0 Å². The molecule has 138 valence electrons. The molecule has 0 saturated heterocycles. The van der Waals surface area contributed by atoms with E-state index in [1.54, 1.807) is 44.8 Å². The highest BCUT2D eigenvalue weighted by Gasteiger charge is 2.27. The number of ether oxygens (including phenoxy) is 3. The lowest BCUT2D eigenvalue weighted by atomic mass is 10.0. The number of carbonyl (C=O) groups excluding carboxylic acids is 1. The van der Waals surface area contributed by atoms with E-state index >= 15 is 0 Å². The van der Waals surface area contributed by atoms with Crippen molar-refractivity contribution in [3.05, 3.63) is 45.7 Å². The van der Waals surface area contributed by atoms with Crippen molar-refractivity contribution < 1.29 is 19.0 Å². The van der Waals surface area contributed by atoms with E-state index in [0.29, 0.717) is 17.2 Å². The SMILES string of the molecule is COc1cc(/C=C/C(=O)N2CCc3sccc3[C@@H]2C)cc(OC)c1OC. The molecular weight excluding hydrogens is 350 g/mol. The van der Waals surface area contributed by atoms with Gasteiger partial charge in [-0.15, -0.1) is 11.3 Å². The zero-order chi connectivity index (χ0) is 18.7. The highest BCUT2D eigenvalue weighted by atomic mass is 32.1. The minimum atomic E-state index is 0.00287. The van der Waals surface area contributed by atoms with Crippen LogP contribution in [0.5, 0.6) is 17.2 Å². The number of benzene rings is 1. The van der Waals surface area contributed by atoms with Gasteiger partial charge in [0.25, 0.3) is 0 Å². The van der Waals surface area contributed by atoms with Crippen LogP contribution in [-0.2, 0) is 11.2 Å². The summed E-state index contributed by atoms with van der Waals surface area (Å²) >= 11 is 1.77. The molecule has 1 aliphatic heterocycles. The number of fused-ring (bicyclic) bond motifs is 1. The van der Waals surface area contributed by atoms with Crippen LogP contribution >= 0.6 is 11.3 Å². The van der Waals surface area contributed by atoms with Crippen LogP contribution in [0.4, 0.5) is 0 Å². The predicted octanol–water partition coefficient (Wildman–Crippen LogP) is 3.93. The Morgan fingerprint density at radius 3 is 2.50 bits per heavy atom. The molecule has 26 heavy (non-hydrogen) atoms. The number of amides is 1. The standard InChI is InChI=1S/C20H23NO4S/c1-13-15-8-10-26-18(15)7-9-21(13)19(22)6-5-14-11-16(23-2)20(25-4)17(12-14)24-3/h5-6,8,10-13H,7,9H2,1-4H3/b6-5+/t13-/m0/s1. The number of carbonyl (C=O) groups is 1. The van der Waals surface area contributed by atoms with E-state index in [1.165, 1.54) is 10.4 Å². The second-order valence-corrected chi connectivity index (χ2v) is 7.05. The lowest BCUT2D eigenvalue weighted by Crippen LogP contribution is -2.37. The van der Waals surface area contributed by atoms with E-state index in [0.717, 1.165) is 18.5 Å². The molecule has 0 spiro atoms. The fourth-order valence-electron chi connectivity index (χ4n) is 3.27. The van der Waals surface area contributed by atoms with Crippen molar-refractivity contribution in [2.75, 3.05) is 27.9 Å². The monoisotopic (exact) mass is 373 g/mol. The van der Waals surface area contributed by atoms with Crippen LogP contribution in [0, 0.1) is 0 Å². The molecule has 1 aromatic heterocycles. The smallest absolute Gasteiger partial charge is 0.247 e. The van der Waals surface area contributed by atoms with Gasteiger partial charge in [-0.1, -0.05) is 0 Å². The fourth-order valence-corrected chi connectivity index (χ4v) is 4.23. The van der Waals surface area contributed by atoms with Gasteiger partial charge in [-0.25, -0.2) is 0 Å². The lowest BCUT2D eigenvalue weighted by Gasteiger charge is -2.32. The predicted molar refractivity (Wildman–Crippen MR) is 103 cm³/mol. The Hall–Kier alpha value is -2.47. The van der Waals surface area contributed by atoms with Gasteiger partial charge in [0.1, 0.15) is 0 Å². The Balaban J connectivity index is 1.81. The highest BCUT2D eigenvalue weighted by molar-refractivity contribution is 7.10. The van der Waals surface area contributed by atoms with E-state index in [1.807, 2.05) is 17.0 Å². The van der Waals surface area contributed by atoms with E-state index in [2.05, 4.69) is 18.4 Å². The average Bonchev–Trinajstić information content (AvgIpc) is 3.15. The van der Waals surface area contributed by atoms with Crippen LogP contribution in [0.1, 0.15) is 29.0 Å². The van der Waals surface area contributed by atoms with E-state index in [4.69, 9.17) is 14.2 Å². The summed E-state index contributed by atoms with van der Waals surface area (Å²) in [6.07, 6.45) is 4.30. The van der Waals surface area contributed by atoms with Crippen molar-refractivity contribution in [1.29, 1.82) is 0 Å². The van der Waals surface area contributed by atoms with Crippen LogP contribution in [-0.4, -0.2) is 38.7 Å². The van der Waals surface area contributed by atoms with Gasteiger partial charge in [-0.3, -0.25) is 4.79 Å². The normalized spacial score (nSPS) is 16.5. The van der Waals surface area contributed by atoms with Gasteiger partial charge in [0.05, 0.1) is 27.4 Å². The van der Waals surface area contributed by atoms with Gasteiger partial charge in [-0.05, 0) is 54.1 Å². The Morgan fingerprint density at radius 1 is 1.19 bits per heavy atom. The number of rotatable bonds is 5. The molecule has 0 bridgehead atoms. The third-order valence-corrected chi connectivity index (χ3v) is 5.66. The fraction of sp³-hybridized carbons (Fsp3) is 0.350. The summed E-state index contributed by atoms with van der Waals surface area (Å²) in [6.45, 7) is 2.82. The molecule has 1 aliphatic rings. The molecule has 0 N–H and O–H groups in total. The summed E-state index contributed by atoms with van der Waals surface area (Å²) in [6, 6.07) is 5.86. The quantitative estimate of drug-likeness (QED) is 0.745. The van der Waals surface area contributed by atoms with Crippen LogP contribution < -0.4 is 14.2 Å². The molecule has 0 fully saturated rings. The molecule has 2 aromatic rings. The van der Waals surface area contributed by atoms with Crippen molar-refractivity contribution in [3.63, 3.8) is 0 Å². The first-order valence-electron chi connectivity index (χ1n) is 8.44. The molecule has 3 rings (SSSR count). The maximum atomic E-state index is 12.7. The zero-order valence-electron chi connectivity index (χ0n) is 15.4. The van der Waals surface area contributed by atoms with Crippen molar-refractivity contribution in [2.45, 2.75) is 19.4 Å². The molecule has 0 radical (unpaired) electrons. The first-order valence-corrected chi connectivity index (χ1v) is 9.32. The first-order chi connectivity index (χ1) is 12.6. The number of hydrogen-bond donors (Lipinski definition) is 0. The van der Waals surface area contributed by atoms with Crippen LogP contribution in [0.2, 0.25) is 0 Å².